The summed E-state index contributed by atoms with van der Waals surface area (Å²) in [6.07, 6.45) is 0. The first kappa shape index (κ1) is 18.8. The van der Waals surface area contributed by atoms with Gasteiger partial charge in [-0.25, -0.2) is 4.79 Å². The number of anilines is 1. The Bertz CT molecular complexity index is 709. The van der Waals surface area contributed by atoms with Crippen LogP contribution in [0.4, 0.5) is 10.5 Å². The Labute approximate surface area is 149 Å². The second-order valence-corrected chi connectivity index (χ2v) is 6.79. The number of nitrogens with zero attached hydrogens (tertiary/aromatic N) is 1. The molecule has 0 radical (unpaired) electrons. The van der Waals surface area contributed by atoms with E-state index >= 15 is 0 Å². The fraction of sp³-hybridized carbons (Fsp3) is 0.350. The highest BCUT2D eigenvalue weighted by Gasteiger charge is 2.23. The van der Waals surface area contributed by atoms with Crippen molar-refractivity contribution in [3.8, 4) is 5.75 Å². The molecule has 0 aromatic heterocycles. The molecule has 5 nitrogen and oxygen atoms in total. The zero-order chi connectivity index (χ0) is 18.4. The topological polar surface area (TPSA) is 61.8 Å². The van der Waals surface area contributed by atoms with Gasteiger partial charge < -0.3 is 20.1 Å². The first-order chi connectivity index (χ1) is 11.8. The summed E-state index contributed by atoms with van der Waals surface area (Å²) in [6.45, 7) is 5.94. The molecule has 2 amide bonds. The Morgan fingerprint density at radius 1 is 1.20 bits per heavy atom. The van der Waals surface area contributed by atoms with Gasteiger partial charge in [-0.05, 0) is 44.0 Å². The summed E-state index contributed by atoms with van der Waals surface area (Å²) in [7, 11) is 1.57. The van der Waals surface area contributed by atoms with E-state index in [9.17, 15) is 9.90 Å². The minimum Gasteiger partial charge on any atom is -0.495 e. The van der Waals surface area contributed by atoms with E-state index in [0.29, 0.717) is 18.0 Å². The van der Waals surface area contributed by atoms with Gasteiger partial charge in [-0.2, -0.15) is 0 Å². The van der Waals surface area contributed by atoms with Crippen molar-refractivity contribution < 1.29 is 14.6 Å². The van der Waals surface area contributed by atoms with Crippen LogP contribution in [0.15, 0.2) is 48.5 Å². The monoisotopic (exact) mass is 342 g/mol. The van der Waals surface area contributed by atoms with Gasteiger partial charge in [0.05, 0.1) is 24.9 Å². The number of rotatable bonds is 6. The Morgan fingerprint density at radius 3 is 2.48 bits per heavy atom. The molecule has 25 heavy (non-hydrogen) atoms. The van der Waals surface area contributed by atoms with Crippen LogP contribution < -0.4 is 10.1 Å². The summed E-state index contributed by atoms with van der Waals surface area (Å²) in [5.74, 6) is 0.599. The second kappa shape index (κ2) is 8.03. The lowest BCUT2D eigenvalue weighted by Crippen LogP contribution is -2.43. The SMILES string of the molecule is COc1ccc(C)cc1NC(=O)N(Cc1ccccc1)CC(C)(C)O. The number of hydrogen-bond acceptors (Lipinski definition) is 3. The minimum atomic E-state index is -0.997. The van der Waals surface area contributed by atoms with Crippen LogP contribution in [0.25, 0.3) is 0 Å². The molecule has 2 aromatic rings. The Kier molecular flexibility index (Phi) is 6.04. The number of amides is 2. The number of carbonyl (C=O) groups is 1. The van der Waals surface area contributed by atoms with Gasteiger partial charge in [0.2, 0.25) is 0 Å². The smallest absolute Gasteiger partial charge is 0.322 e. The average molecular weight is 342 g/mol. The first-order valence-electron chi connectivity index (χ1n) is 8.25. The highest BCUT2D eigenvalue weighted by molar-refractivity contribution is 5.91. The Hall–Kier alpha value is -2.53. The van der Waals surface area contributed by atoms with E-state index in [4.69, 9.17) is 4.74 Å². The molecule has 0 heterocycles. The standard InChI is InChI=1S/C20H26N2O3/c1-15-10-11-18(25-4)17(12-15)21-19(23)22(14-20(2,3)24)13-16-8-6-5-7-9-16/h5-12,24H,13-14H2,1-4H3,(H,21,23). The number of urea groups is 1. The molecule has 5 heteroatoms. The summed E-state index contributed by atoms with van der Waals surface area (Å²) in [5, 5.41) is 13.1. The second-order valence-electron chi connectivity index (χ2n) is 6.79. The lowest BCUT2D eigenvalue weighted by molar-refractivity contribution is 0.0469. The van der Waals surface area contributed by atoms with Crippen molar-refractivity contribution in [1.29, 1.82) is 0 Å². The van der Waals surface area contributed by atoms with Crippen LogP contribution in [0.2, 0.25) is 0 Å². The van der Waals surface area contributed by atoms with Crippen molar-refractivity contribution in [3.63, 3.8) is 0 Å². The number of ether oxygens (including phenoxy) is 1. The van der Waals surface area contributed by atoms with E-state index in [1.807, 2.05) is 55.5 Å². The molecular formula is C20H26N2O3. The van der Waals surface area contributed by atoms with Crippen molar-refractivity contribution in [2.75, 3.05) is 19.0 Å². The molecule has 0 fully saturated rings. The molecular weight excluding hydrogens is 316 g/mol. The highest BCUT2D eigenvalue weighted by atomic mass is 16.5. The van der Waals surface area contributed by atoms with Crippen molar-refractivity contribution >= 4 is 11.7 Å². The molecule has 0 aliphatic rings. The number of benzene rings is 2. The van der Waals surface area contributed by atoms with Gasteiger partial charge in [0, 0.05) is 6.54 Å². The third kappa shape index (κ3) is 5.80. The number of methoxy groups -OCH3 is 1. The van der Waals surface area contributed by atoms with Gasteiger partial charge in [-0.3, -0.25) is 0 Å². The van der Waals surface area contributed by atoms with Gasteiger partial charge in [-0.15, -0.1) is 0 Å². The summed E-state index contributed by atoms with van der Waals surface area (Å²) in [6, 6.07) is 15.0. The van der Waals surface area contributed by atoms with Crippen LogP contribution >= 0.6 is 0 Å². The van der Waals surface area contributed by atoms with Crippen LogP contribution in [0.1, 0.15) is 25.0 Å². The van der Waals surface area contributed by atoms with Crippen LogP contribution in [-0.2, 0) is 6.54 Å². The molecule has 2 aromatic carbocycles. The maximum absolute atomic E-state index is 12.8. The molecule has 0 unspecified atom stereocenters. The van der Waals surface area contributed by atoms with E-state index in [-0.39, 0.29) is 12.6 Å². The third-order valence-corrected chi connectivity index (χ3v) is 3.68. The van der Waals surface area contributed by atoms with Crippen LogP contribution in [0.5, 0.6) is 5.75 Å². The summed E-state index contributed by atoms with van der Waals surface area (Å²) in [4.78, 5) is 14.4. The highest BCUT2D eigenvalue weighted by Crippen LogP contribution is 2.26. The largest absolute Gasteiger partial charge is 0.495 e. The lowest BCUT2D eigenvalue weighted by atomic mass is 10.1. The van der Waals surface area contributed by atoms with Gasteiger partial charge in [0.1, 0.15) is 5.75 Å². The number of carbonyl (C=O) groups excluding carboxylic acids is 1. The molecule has 2 rings (SSSR count). The van der Waals surface area contributed by atoms with Crippen molar-refractivity contribution in [3.05, 3.63) is 59.7 Å². The van der Waals surface area contributed by atoms with Crippen LogP contribution in [0.3, 0.4) is 0 Å². The van der Waals surface area contributed by atoms with Crippen molar-refractivity contribution in [2.24, 2.45) is 0 Å². The first-order valence-corrected chi connectivity index (χ1v) is 8.25. The summed E-state index contributed by atoms with van der Waals surface area (Å²) < 4.78 is 5.32. The van der Waals surface area contributed by atoms with Gasteiger partial charge >= 0.3 is 6.03 Å². The molecule has 0 saturated carbocycles. The minimum absolute atomic E-state index is 0.210. The zero-order valence-electron chi connectivity index (χ0n) is 15.2. The average Bonchev–Trinajstić information content (AvgIpc) is 2.54. The van der Waals surface area contributed by atoms with E-state index in [1.165, 1.54) is 0 Å². The molecule has 0 atom stereocenters. The Balaban J connectivity index is 2.21. The molecule has 0 aliphatic heterocycles. The zero-order valence-corrected chi connectivity index (χ0v) is 15.2. The predicted molar refractivity (Wildman–Crippen MR) is 99.9 cm³/mol. The normalized spacial score (nSPS) is 11.1. The number of aliphatic hydroxyl groups is 1. The third-order valence-electron chi connectivity index (χ3n) is 3.68. The maximum Gasteiger partial charge on any atom is 0.322 e. The number of hydrogen-bond donors (Lipinski definition) is 2. The summed E-state index contributed by atoms with van der Waals surface area (Å²) in [5.41, 5.74) is 1.63. The number of aryl methyl sites for hydroxylation is 1. The van der Waals surface area contributed by atoms with Gasteiger partial charge in [0.15, 0.2) is 0 Å². The maximum atomic E-state index is 12.8. The van der Waals surface area contributed by atoms with Crippen molar-refractivity contribution in [2.45, 2.75) is 32.9 Å². The Morgan fingerprint density at radius 2 is 1.88 bits per heavy atom. The molecule has 0 saturated heterocycles. The predicted octanol–water partition coefficient (Wildman–Crippen LogP) is 3.81. The van der Waals surface area contributed by atoms with Gasteiger partial charge in [-0.1, -0.05) is 36.4 Å². The quantitative estimate of drug-likeness (QED) is 0.839. The van der Waals surface area contributed by atoms with Crippen LogP contribution in [-0.4, -0.2) is 35.3 Å². The molecule has 134 valence electrons. The lowest BCUT2D eigenvalue weighted by Gasteiger charge is -2.29. The van der Waals surface area contributed by atoms with E-state index in [2.05, 4.69) is 5.32 Å². The number of nitrogens with one attached hydrogen (secondary N) is 1. The molecule has 0 spiro atoms. The molecule has 0 bridgehead atoms. The fourth-order valence-electron chi connectivity index (χ4n) is 2.58. The summed E-state index contributed by atoms with van der Waals surface area (Å²) >= 11 is 0. The molecule has 0 aliphatic carbocycles. The van der Waals surface area contributed by atoms with Crippen LogP contribution in [0, 0.1) is 6.92 Å². The molecule has 2 N–H and O–H groups in total. The van der Waals surface area contributed by atoms with Crippen molar-refractivity contribution in [1.82, 2.24) is 4.90 Å². The van der Waals surface area contributed by atoms with E-state index in [0.717, 1.165) is 11.1 Å². The fourth-order valence-corrected chi connectivity index (χ4v) is 2.58. The van der Waals surface area contributed by atoms with E-state index < -0.39 is 5.60 Å². The van der Waals surface area contributed by atoms with E-state index in [1.54, 1.807) is 25.9 Å². The van der Waals surface area contributed by atoms with Gasteiger partial charge in [0.25, 0.3) is 0 Å².